The summed E-state index contributed by atoms with van der Waals surface area (Å²) >= 11 is 0. The molecule has 8 heteroatoms. The number of aromatic nitrogens is 1. The van der Waals surface area contributed by atoms with Gasteiger partial charge in [0.25, 0.3) is 0 Å². The predicted octanol–water partition coefficient (Wildman–Crippen LogP) is 2.01. The molecule has 0 aliphatic heterocycles. The second kappa shape index (κ2) is 10.5. The monoisotopic (exact) mass is 412 g/mol. The Hall–Kier alpha value is -3.26. The first-order valence-electron chi connectivity index (χ1n) is 9.63. The molecule has 8 nitrogen and oxygen atoms in total. The second-order valence-corrected chi connectivity index (χ2v) is 7.99. The maximum Gasteiger partial charge on any atom is 0.308 e. The van der Waals surface area contributed by atoms with Crippen LogP contribution in [0, 0.1) is 5.41 Å². The van der Waals surface area contributed by atoms with Crippen molar-refractivity contribution in [3.05, 3.63) is 60.4 Å². The molecule has 2 amide bonds. The van der Waals surface area contributed by atoms with Gasteiger partial charge in [0.15, 0.2) is 0 Å². The molecule has 30 heavy (non-hydrogen) atoms. The van der Waals surface area contributed by atoms with Gasteiger partial charge in [0.1, 0.15) is 12.6 Å². The van der Waals surface area contributed by atoms with Crippen molar-refractivity contribution in [3.8, 4) is 0 Å². The number of pyridine rings is 1. The Bertz CT molecular complexity index is 850. The number of anilines is 1. The molecule has 0 radical (unpaired) electrons. The highest BCUT2D eigenvalue weighted by molar-refractivity contribution is 5.98. The minimum atomic E-state index is -1.13. The molecule has 2 atom stereocenters. The van der Waals surface area contributed by atoms with Crippen molar-refractivity contribution in [2.45, 2.75) is 45.9 Å². The third-order valence-electron chi connectivity index (χ3n) is 4.33. The molecule has 0 saturated carbocycles. The van der Waals surface area contributed by atoms with Gasteiger partial charge in [-0.15, -0.1) is 0 Å². The molecule has 1 aromatic heterocycles. The molecule has 0 fully saturated rings. The summed E-state index contributed by atoms with van der Waals surface area (Å²) in [6, 6.07) is 10.5. The number of esters is 1. The van der Waals surface area contributed by atoms with Crippen LogP contribution in [-0.4, -0.2) is 34.9 Å². The van der Waals surface area contributed by atoms with Crippen molar-refractivity contribution in [3.63, 3.8) is 0 Å². The van der Waals surface area contributed by atoms with E-state index in [-0.39, 0.29) is 18.9 Å². The highest BCUT2D eigenvalue weighted by Crippen LogP contribution is 2.21. The number of benzene rings is 1. The summed E-state index contributed by atoms with van der Waals surface area (Å²) in [7, 11) is 0. The molecule has 4 N–H and O–H groups in total. The van der Waals surface area contributed by atoms with Gasteiger partial charge in [-0.3, -0.25) is 19.4 Å². The lowest BCUT2D eigenvalue weighted by Gasteiger charge is -2.31. The zero-order valence-electron chi connectivity index (χ0n) is 17.4. The highest BCUT2D eigenvalue weighted by atomic mass is 16.5. The number of nitrogens with zero attached hydrogens (tertiary/aromatic N) is 1. The lowest BCUT2D eigenvalue weighted by molar-refractivity contribution is -0.146. The molecule has 0 aliphatic carbocycles. The van der Waals surface area contributed by atoms with Crippen LogP contribution in [0.2, 0.25) is 0 Å². The van der Waals surface area contributed by atoms with Crippen molar-refractivity contribution in [1.82, 2.24) is 10.3 Å². The minimum Gasteiger partial charge on any atom is -0.461 e. The van der Waals surface area contributed by atoms with Gasteiger partial charge in [-0.1, -0.05) is 51.1 Å². The second-order valence-electron chi connectivity index (χ2n) is 7.99. The van der Waals surface area contributed by atoms with Crippen LogP contribution in [0.5, 0.6) is 0 Å². The van der Waals surface area contributed by atoms with Crippen LogP contribution < -0.4 is 16.4 Å². The van der Waals surface area contributed by atoms with Gasteiger partial charge >= 0.3 is 5.97 Å². The summed E-state index contributed by atoms with van der Waals surface area (Å²) in [5.74, 6) is -1.58. The Kier molecular flexibility index (Phi) is 8.06. The van der Waals surface area contributed by atoms with Crippen LogP contribution in [-0.2, 0) is 25.7 Å². The van der Waals surface area contributed by atoms with Gasteiger partial charge in [0.05, 0.1) is 12.5 Å². The van der Waals surface area contributed by atoms with Gasteiger partial charge in [0.2, 0.25) is 11.8 Å². The average molecular weight is 412 g/mol. The lowest BCUT2D eigenvalue weighted by Crippen LogP contribution is -2.55. The van der Waals surface area contributed by atoms with Crippen LogP contribution in [0.15, 0.2) is 54.9 Å². The zero-order valence-corrected chi connectivity index (χ0v) is 17.4. The summed E-state index contributed by atoms with van der Waals surface area (Å²) in [6.45, 7) is 5.57. The average Bonchev–Trinajstić information content (AvgIpc) is 2.70. The van der Waals surface area contributed by atoms with Crippen LogP contribution in [0.1, 0.15) is 32.8 Å². The minimum absolute atomic E-state index is 0.104. The summed E-state index contributed by atoms with van der Waals surface area (Å²) in [6.07, 6.45) is 2.82. The maximum atomic E-state index is 12.7. The Morgan fingerprint density at radius 2 is 1.67 bits per heavy atom. The smallest absolute Gasteiger partial charge is 0.308 e. The maximum absolute atomic E-state index is 12.7. The summed E-state index contributed by atoms with van der Waals surface area (Å²) in [5.41, 5.74) is 6.70. The third-order valence-corrected chi connectivity index (χ3v) is 4.33. The molecule has 2 aromatic rings. The molecule has 1 aromatic carbocycles. The number of nitrogens with one attached hydrogen (secondary N) is 2. The first-order chi connectivity index (χ1) is 14.2. The van der Waals surface area contributed by atoms with Crippen molar-refractivity contribution in [2.75, 3.05) is 5.32 Å². The Morgan fingerprint density at radius 3 is 2.27 bits per heavy atom. The molecule has 0 aliphatic rings. The van der Waals surface area contributed by atoms with E-state index in [1.165, 1.54) is 0 Å². The van der Waals surface area contributed by atoms with E-state index in [0.29, 0.717) is 5.69 Å². The largest absolute Gasteiger partial charge is 0.461 e. The lowest BCUT2D eigenvalue weighted by atomic mass is 9.85. The normalized spacial score (nSPS) is 13.1. The number of nitrogens with two attached hydrogens (primary N) is 1. The fraction of sp³-hybridized carbons (Fsp3) is 0.364. The Balaban J connectivity index is 1.92. The van der Waals surface area contributed by atoms with Gasteiger partial charge < -0.3 is 21.1 Å². The Labute approximate surface area is 176 Å². The molecular weight excluding hydrogens is 384 g/mol. The van der Waals surface area contributed by atoms with E-state index >= 15 is 0 Å². The first kappa shape index (κ1) is 23.0. The number of rotatable bonds is 8. The first-order valence-corrected chi connectivity index (χ1v) is 9.63. The van der Waals surface area contributed by atoms with Crippen molar-refractivity contribution in [1.29, 1.82) is 0 Å². The number of carbonyl (C=O) groups is 3. The number of hydrogen-bond donors (Lipinski definition) is 3. The molecular formula is C22H28N4O4. The van der Waals surface area contributed by atoms with Gasteiger partial charge in [-0.25, -0.2) is 0 Å². The van der Waals surface area contributed by atoms with Crippen molar-refractivity contribution >= 4 is 23.5 Å². The van der Waals surface area contributed by atoms with Crippen molar-refractivity contribution < 1.29 is 19.1 Å². The molecule has 2 rings (SSSR count). The molecule has 0 bridgehead atoms. The fourth-order valence-electron chi connectivity index (χ4n) is 2.64. The summed E-state index contributed by atoms with van der Waals surface area (Å²) in [5, 5.41) is 5.40. The quantitative estimate of drug-likeness (QED) is 0.570. The van der Waals surface area contributed by atoms with E-state index in [4.69, 9.17) is 10.5 Å². The van der Waals surface area contributed by atoms with E-state index in [2.05, 4.69) is 15.6 Å². The number of hydrogen-bond acceptors (Lipinski definition) is 6. The van der Waals surface area contributed by atoms with Crippen LogP contribution >= 0.6 is 0 Å². The van der Waals surface area contributed by atoms with Crippen molar-refractivity contribution in [2.24, 2.45) is 11.1 Å². The van der Waals surface area contributed by atoms with Crippen LogP contribution in [0.4, 0.5) is 5.69 Å². The Morgan fingerprint density at radius 1 is 1.03 bits per heavy atom. The molecule has 160 valence electrons. The van der Waals surface area contributed by atoms with Crippen LogP contribution in [0.3, 0.4) is 0 Å². The van der Waals surface area contributed by atoms with Gasteiger partial charge in [0, 0.05) is 18.1 Å². The van der Waals surface area contributed by atoms with E-state index in [9.17, 15) is 14.4 Å². The van der Waals surface area contributed by atoms with Gasteiger partial charge in [-0.05, 0) is 23.1 Å². The molecule has 1 heterocycles. The van der Waals surface area contributed by atoms with E-state index < -0.39 is 29.4 Å². The fourth-order valence-corrected chi connectivity index (χ4v) is 2.64. The standard InChI is InChI=1S/C22H28N4O4/c1-22(2,3)19(21(29)25-16-9-11-24-12-10-16)26-20(28)17(23)13-18(27)30-14-15-7-5-4-6-8-15/h4-12,17,19H,13-14,23H2,1-3H3,(H,26,28)(H,24,25,29). The third kappa shape index (κ3) is 7.29. The summed E-state index contributed by atoms with van der Waals surface area (Å²) < 4.78 is 5.16. The van der Waals surface area contributed by atoms with Gasteiger partial charge in [-0.2, -0.15) is 0 Å². The molecule has 0 spiro atoms. The predicted molar refractivity (Wildman–Crippen MR) is 113 cm³/mol. The topological polar surface area (TPSA) is 123 Å². The highest BCUT2D eigenvalue weighted by Gasteiger charge is 2.34. The van der Waals surface area contributed by atoms with E-state index in [1.807, 2.05) is 51.1 Å². The summed E-state index contributed by atoms with van der Waals surface area (Å²) in [4.78, 5) is 41.2. The number of ether oxygens (including phenoxy) is 1. The SMILES string of the molecule is CC(C)(C)C(NC(=O)C(N)CC(=O)OCc1ccccc1)C(=O)Nc1ccncc1. The van der Waals surface area contributed by atoms with E-state index in [0.717, 1.165) is 5.56 Å². The molecule has 2 unspecified atom stereocenters. The number of amides is 2. The number of carbonyl (C=O) groups excluding carboxylic acids is 3. The van der Waals surface area contributed by atoms with Crippen LogP contribution in [0.25, 0.3) is 0 Å². The zero-order chi connectivity index (χ0) is 22.1. The molecule has 0 saturated heterocycles. The van der Waals surface area contributed by atoms with E-state index in [1.54, 1.807) is 24.5 Å².